The number of anilines is 4. The van der Waals surface area contributed by atoms with Crippen LogP contribution < -0.4 is 39.0 Å². The van der Waals surface area contributed by atoms with Crippen LogP contribution in [0.2, 0.25) is 0 Å². The normalized spacial score (nSPS) is 17.0. The first kappa shape index (κ1) is 51.5. The van der Waals surface area contributed by atoms with Gasteiger partial charge in [-0.25, -0.2) is 4.79 Å². The summed E-state index contributed by atoms with van der Waals surface area (Å²) in [5.74, 6) is -0.523. The van der Waals surface area contributed by atoms with E-state index in [0.29, 0.717) is 116 Å². The Kier molecular flexibility index (Phi) is 15.8. The number of aliphatic imine (C=N–C) groups is 1. The van der Waals surface area contributed by atoms with E-state index >= 15 is 0 Å². The third kappa shape index (κ3) is 11.0. The van der Waals surface area contributed by atoms with Crippen molar-refractivity contribution in [2.45, 2.75) is 63.8 Å². The van der Waals surface area contributed by atoms with Gasteiger partial charge in [0.05, 0.1) is 68.6 Å². The zero-order valence-corrected chi connectivity index (χ0v) is 42.8. The first-order chi connectivity index (χ1) is 37.1. The first-order valence-electron chi connectivity index (χ1n) is 25.6. The van der Waals surface area contributed by atoms with Gasteiger partial charge in [-0.1, -0.05) is 36.4 Å². The van der Waals surface area contributed by atoms with Crippen molar-refractivity contribution >= 4 is 64.2 Å². The molecule has 0 unspecified atom stereocenters. The predicted molar refractivity (Wildman–Crippen MR) is 282 cm³/mol. The van der Waals surface area contributed by atoms with Gasteiger partial charge >= 0.3 is 5.97 Å². The summed E-state index contributed by atoms with van der Waals surface area (Å²) in [6.07, 6.45) is 3.46. The minimum Gasteiger partial charge on any atom is -0.493 e. The number of hydrogen-bond donors (Lipinski definition) is 1. The molecule has 5 aromatic rings. The molecule has 396 valence electrons. The summed E-state index contributed by atoms with van der Waals surface area (Å²) in [5.41, 5.74) is 8.24. The van der Waals surface area contributed by atoms with Crippen LogP contribution in [0.1, 0.15) is 68.7 Å². The maximum atomic E-state index is 14.2. The Balaban J connectivity index is 0.924. The summed E-state index contributed by atoms with van der Waals surface area (Å²) < 4.78 is 40.3. The lowest BCUT2D eigenvalue weighted by Crippen LogP contribution is -2.39. The second-order valence-corrected chi connectivity index (χ2v) is 19.0. The molecule has 0 spiro atoms. The molecule has 5 aliphatic heterocycles. The molecule has 19 heteroatoms. The van der Waals surface area contributed by atoms with Crippen molar-refractivity contribution in [2.75, 3.05) is 94.0 Å². The van der Waals surface area contributed by atoms with Crippen LogP contribution >= 0.6 is 0 Å². The average molecular weight is 1040 g/mol. The van der Waals surface area contributed by atoms with Crippen LogP contribution in [-0.4, -0.2) is 132 Å². The summed E-state index contributed by atoms with van der Waals surface area (Å²) in [5, 5.41) is 4.07. The Morgan fingerprint density at radius 1 is 0.711 bits per heavy atom. The first-order valence-corrected chi connectivity index (χ1v) is 25.6. The molecular formula is C57H61N6O13+. The summed E-state index contributed by atoms with van der Waals surface area (Å²) in [6, 6.07) is 28.5. The van der Waals surface area contributed by atoms with Crippen molar-refractivity contribution in [3.8, 4) is 23.0 Å². The van der Waals surface area contributed by atoms with Crippen molar-refractivity contribution in [3.63, 3.8) is 0 Å². The third-order valence-electron chi connectivity index (χ3n) is 14.0. The van der Waals surface area contributed by atoms with Gasteiger partial charge in [-0.2, -0.15) is 0 Å². The number of carbonyl (C=O) groups excluding carboxylic acids is 5. The van der Waals surface area contributed by atoms with E-state index in [2.05, 4.69) is 16.3 Å². The quantitative estimate of drug-likeness (QED) is 0.0421. The number of methoxy groups -OCH3 is 3. The minimum absolute atomic E-state index is 0.00117. The lowest BCUT2D eigenvalue weighted by atomic mass is 10.1. The maximum Gasteiger partial charge on any atom is 0.333 e. The van der Waals surface area contributed by atoms with E-state index in [1.165, 1.54) is 7.11 Å². The summed E-state index contributed by atoms with van der Waals surface area (Å²) >= 11 is 0. The number of fused-ring (bicyclic) bond motifs is 8. The molecular weight excluding hydrogens is 977 g/mol. The van der Waals surface area contributed by atoms with Crippen LogP contribution in [0.4, 0.5) is 28.4 Å². The second kappa shape index (κ2) is 23.3. The van der Waals surface area contributed by atoms with Crippen molar-refractivity contribution in [2.24, 2.45) is 4.99 Å². The number of nitrogens with zero attached hydrogens (tertiary/aromatic N) is 5. The molecule has 0 radical (unpaired) electrons. The fourth-order valence-electron chi connectivity index (χ4n) is 10.3. The summed E-state index contributed by atoms with van der Waals surface area (Å²) in [4.78, 5) is 81.5. The van der Waals surface area contributed by atoms with E-state index < -0.39 is 17.8 Å². The van der Waals surface area contributed by atoms with Gasteiger partial charge in [0.15, 0.2) is 36.2 Å². The van der Waals surface area contributed by atoms with Gasteiger partial charge in [0.2, 0.25) is 0 Å². The highest BCUT2D eigenvalue weighted by Gasteiger charge is 2.39. The monoisotopic (exact) mass is 1040 g/mol. The molecule has 0 aromatic heterocycles. The zero-order chi connectivity index (χ0) is 52.7. The van der Waals surface area contributed by atoms with Gasteiger partial charge in [0, 0.05) is 81.3 Å². The largest absolute Gasteiger partial charge is 0.493 e. The number of hydroxylamine groups is 2. The van der Waals surface area contributed by atoms with Crippen LogP contribution in [0, 0.1) is 0 Å². The lowest BCUT2D eigenvalue weighted by molar-refractivity contribution is -0.197. The number of nitrogens with one attached hydrogen (secondary N) is 1. The zero-order valence-electron chi connectivity index (χ0n) is 42.8. The molecule has 5 aromatic carbocycles. The van der Waals surface area contributed by atoms with Gasteiger partial charge in [0.1, 0.15) is 19.8 Å². The van der Waals surface area contributed by atoms with E-state index in [9.17, 15) is 24.0 Å². The highest BCUT2D eigenvalue weighted by Crippen LogP contribution is 2.43. The Morgan fingerprint density at radius 3 is 2.08 bits per heavy atom. The molecule has 4 amide bonds. The topological polar surface area (TPSA) is 200 Å². The van der Waals surface area contributed by atoms with Gasteiger partial charge in [-0.15, -0.1) is 5.06 Å². The van der Waals surface area contributed by atoms with Crippen molar-refractivity contribution < 1.29 is 62.0 Å². The SMILES string of the molecule is COCCOCC[OH+]CCN(CCCC(=O)ON1C(=O)CCC1=O)c1cc(COc2cc3c(cc2OC)C(=O)N2c4ccccc4C[C@H]2C=N3)cc(COc2cc3c(cc2OC)C(=O)N2c4ccccc4C[C@H]2CN3)c1. The highest BCUT2D eigenvalue weighted by molar-refractivity contribution is 6.15. The van der Waals surface area contributed by atoms with Crippen molar-refractivity contribution in [3.05, 3.63) is 124 Å². The Morgan fingerprint density at radius 2 is 1.37 bits per heavy atom. The number of amides is 4. The van der Waals surface area contributed by atoms with Crippen LogP contribution in [-0.2, 0) is 54.8 Å². The van der Waals surface area contributed by atoms with E-state index in [4.69, 9.17) is 43.0 Å². The van der Waals surface area contributed by atoms with E-state index in [0.717, 1.165) is 45.7 Å². The maximum absolute atomic E-state index is 14.2. The van der Waals surface area contributed by atoms with Crippen molar-refractivity contribution in [1.29, 1.82) is 0 Å². The van der Waals surface area contributed by atoms with E-state index in [-0.39, 0.29) is 56.4 Å². The summed E-state index contributed by atoms with van der Waals surface area (Å²) in [7, 11) is 4.68. The van der Waals surface area contributed by atoms with Crippen LogP contribution in [0.15, 0.2) is 96.0 Å². The number of para-hydroxylation sites is 2. The third-order valence-corrected chi connectivity index (χ3v) is 14.0. The molecule has 76 heavy (non-hydrogen) atoms. The Hall–Kier alpha value is -8.00. The second-order valence-electron chi connectivity index (χ2n) is 19.0. The van der Waals surface area contributed by atoms with Crippen LogP contribution in [0.5, 0.6) is 23.0 Å². The van der Waals surface area contributed by atoms with Gasteiger partial charge in [-0.3, -0.25) is 29.1 Å². The molecule has 1 fully saturated rings. The van der Waals surface area contributed by atoms with Gasteiger partial charge in [-0.05, 0) is 77.6 Å². The minimum atomic E-state index is -0.695. The Labute approximate surface area is 440 Å². The summed E-state index contributed by atoms with van der Waals surface area (Å²) in [6.45, 7) is 3.77. The number of hydrogen-bond acceptors (Lipinski definition) is 15. The fourth-order valence-corrected chi connectivity index (χ4v) is 10.3. The highest BCUT2D eigenvalue weighted by atomic mass is 16.7. The molecule has 5 heterocycles. The molecule has 2 atom stereocenters. The lowest BCUT2D eigenvalue weighted by Gasteiger charge is -2.25. The number of benzene rings is 5. The number of aliphatic hydroxyl groups is 2. The predicted octanol–water partition coefficient (Wildman–Crippen LogP) is 6.53. The van der Waals surface area contributed by atoms with E-state index in [1.807, 2.05) is 77.8 Å². The van der Waals surface area contributed by atoms with E-state index in [1.54, 1.807) is 37.3 Å². The van der Waals surface area contributed by atoms with Gasteiger partial charge in [0.25, 0.3) is 23.6 Å². The van der Waals surface area contributed by atoms with Crippen LogP contribution in [0.25, 0.3) is 0 Å². The molecule has 0 saturated carbocycles. The van der Waals surface area contributed by atoms with Crippen LogP contribution in [0.3, 0.4) is 0 Å². The molecule has 5 aliphatic rings. The number of ether oxygens (including phenoxy) is 7. The molecule has 19 nitrogen and oxygen atoms in total. The standard InChI is InChI=1S/C57H60N6O13/c1-69-19-20-73-22-21-72-18-17-60(16-8-13-55(66)76-63-53(64)14-15-54(63)65)40-24-36(34-74-51-30-45-43(28-49(51)70-2)56(67)61-41(32-58-45)26-38-9-4-6-11-47(38)61)23-37(25-40)35-75-52-31-46-44(29-50(52)71-3)57(68)62-42(33-59-46)27-39-10-5-7-12-48(39)62/h4-7,9-12,23-25,28-32,41-42,59H,8,13-22,26-27,33-35H2,1-3H3/p+1/t41-,42-/m0/s1. The van der Waals surface area contributed by atoms with Gasteiger partial charge < -0.3 is 53.1 Å². The fraction of sp³-hybridized carbons (Fsp3) is 0.368. The molecule has 1 saturated heterocycles. The molecule has 2 N–H and O–H groups in total. The number of imide groups is 1. The number of carbonyl (C=O) groups is 5. The molecule has 0 aliphatic carbocycles. The average Bonchev–Trinajstić information content (AvgIpc) is 4.05. The molecule has 0 bridgehead atoms. The smallest absolute Gasteiger partial charge is 0.333 e. The molecule has 10 rings (SSSR count). The Bertz CT molecular complexity index is 3040. The number of rotatable bonds is 23. The van der Waals surface area contributed by atoms with Crippen molar-refractivity contribution in [1.82, 2.24) is 5.06 Å².